The topological polar surface area (TPSA) is 71.0 Å². The third-order valence-corrected chi connectivity index (χ3v) is 5.01. The van der Waals surface area contributed by atoms with Gasteiger partial charge in [0.2, 0.25) is 0 Å². The number of nitrogens with one attached hydrogen (secondary N) is 2. The molecule has 3 rings (SSSR count). The van der Waals surface area contributed by atoms with Crippen molar-refractivity contribution in [1.82, 2.24) is 15.6 Å². The van der Waals surface area contributed by atoms with Gasteiger partial charge in [0.1, 0.15) is 18.2 Å². The molecule has 1 aliphatic rings. The summed E-state index contributed by atoms with van der Waals surface area (Å²) in [6.45, 7) is 11.4. The molecule has 0 amide bonds. The summed E-state index contributed by atoms with van der Waals surface area (Å²) in [7, 11) is 1.76. The van der Waals surface area contributed by atoms with Crippen LogP contribution >= 0.6 is 0 Å². The highest BCUT2D eigenvalue weighted by atomic mass is 16.5. The number of nitrogens with zero attached hydrogens (tertiary/aromatic N) is 3. The van der Waals surface area contributed by atoms with E-state index in [0.717, 1.165) is 41.7 Å². The Bertz CT molecular complexity index is 859. The zero-order valence-corrected chi connectivity index (χ0v) is 18.7. The number of ether oxygens (including phenoxy) is 2. The number of para-hydroxylation sites is 1. The molecule has 1 fully saturated rings. The maximum absolute atomic E-state index is 5.81. The highest BCUT2D eigenvalue weighted by Crippen LogP contribution is 2.19. The largest absolute Gasteiger partial charge is 0.489 e. The molecule has 2 atom stereocenters. The highest BCUT2D eigenvalue weighted by Gasteiger charge is 2.22. The maximum atomic E-state index is 5.81. The number of anilines is 1. The van der Waals surface area contributed by atoms with Crippen LogP contribution in [0.4, 0.5) is 5.82 Å². The van der Waals surface area contributed by atoms with E-state index in [0.29, 0.717) is 19.7 Å². The van der Waals surface area contributed by atoms with Gasteiger partial charge in [0, 0.05) is 45.0 Å². The number of morpholine rings is 1. The van der Waals surface area contributed by atoms with Gasteiger partial charge in [-0.05, 0) is 31.5 Å². The number of aromatic nitrogens is 1. The summed E-state index contributed by atoms with van der Waals surface area (Å²) in [5, 5.41) is 6.68. The van der Waals surface area contributed by atoms with Crippen LogP contribution in [-0.2, 0) is 17.8 Å². The lowest BCUT2D eigenvalue weighted by atomic mass is 10.2. The van der Waals surface area contributed by atoms with E-state index in [9.17, 15) is 0 Å². The third kappa shape index (κ3) is 6.72. The van der Waals surface area contributed by atoms with Crippen molar-refractivity contribution in [3.63, 3.8) is 0 Å². The van der Waals surface area contributed by atoms with Crippen molar-refractivity contribution < 1.29 is 9.47 Å². The predicted molar refractivity (Wildman–Crippen MR) is 126 cm³/mol. The van der Waals surface area contributed by atoms with Crippen LogP contribution in [-0.4, -0.2) is 49.9 Å². The van der Waals surface area contributed by atoms with Gasteiger partial charge in [-0.1, -0.05) is 36.9 Å². The normalized spacial score (nSPS) is 19.1. The minimum absolute atomic E-state index is 0.216. The van der Waals surface area contributed by atoms with Crippen LogP contribution in [0.5, 0.6) is 5.75 Å². The van der Waals surface area contributed by atoms with Gasteiger partial charge in [-0.2, -0.15) is 0 Å². The van der Waals surface area contributed by atoms with E-state index in [1.807, 2.05) is 30.5 Å². The van der Waals surface area contributed by atoms with Crippen LogP contribution in [0.3, 0.4) is 0 Å². The Hall–Kier alpha value is -3.06. The van der Waals surface area contributed by atoms with E-state index in [1.54, 1.807) is 13.1 Å². The van der Waals surface area contributed by atoms with E-state index < -0.39 is 0 Å². The standard InChI is InChI=1S/C24H33N5O2/c1-5-12-30-22-9-7-6-8-21(22)15-28-24(25-4)27-14-20-10-11-23(26-13-20)29-16-18(2)31-19(3)17-29/h5-11,13,18-19H,1,12,14-17H2,2-4H3,(H2,25,27,28). The molecular weight excluding hydrogens is 390 g/mol. The first-order chi connectivity index (χ1) is 15.1. The average molecular weight is 424 g/mol. The number of hydrogen-bond acceptors (Lipinski definition) is 5. The van der Waals surface area contributed by atoms with Gasteiger partial charge in [0.15, 0.2) is 5.96 Å². The Morgan fingerprint density at radius 3 is 2.61 bits per heavy atom. The molecule has 1 aromatic heterocycles. The quantitative estimate of drug-likeness (QED) is 0.386. The SMILES string of the molecule is C=CCOc1ccccc1CNC(=NC)NCc1ccc(N2CC(C)OC(C)C2)nc1. The van der Waals surface area contributed by atoms with Gasteiger partial charge >= 0.3 is 0 Å². The van der Waals surface area contributed by atoms with E-state index in [4.69, 9.17) is 9.47 Å². The van der Waals surface area contributed by atoms with Crippen molar-refractivity contribution in [1.29, 1.82) is 0 Å². The molecule has 2 aromatic rings. The fourth-order valence-corrected chi connectivity index (χ4v) is 3.60. The zero-order valence-electron chi connectivity index (χ0n) is 18.7. The number of aliphatic imine (C=N–C) groups is 1. The van der Waals surface area contributed by atoms with E-state index in [1.165, 1.54) is 0 Å². The van der Waals surface area contributed by atoms with E-state index >= 15 is 0 Å². The summed E-state index contributed by atoms with van der Waals surface area (Å²) in [4.78, 5) is 11.2. The number of benzene rings is 1. The van der Waals surface area contributed by atoms with Crippen LogP contribution in [0.1, 0.15) is 25.0 Å². The molecule has 2 unspecified atom stereocenters. The summed E-state index contributed by atoms with van der Waals surface area (Å²) in [5.41, 5.74) is 2.16. The molecule has 1 aliphatic heterocycles. The van der Waals surface area contributed by atoms with E-state index in [2.05, 4.69) is 58.1 Å². The van der Waals surface area contributed by atoms with Gasteiger partial charge in [0.05, 0.1) is 12.2 Å². The molecular formula is C24H33N5O2. The molecule has 31 heavy (non-hydrogen) atoms. The number of rotatable bonds is 8. The minimum Gasteiger partial charge on any atom is -0.489 e. The Balaban J connectivity index is 1.51. The second-order valence-corrected chi connectivity index (χ2v) is 7.67. The Labute approximate surface area is 185 Å². The van der Waals surface area contributed by atoms with Crippen molar-refractivity contribution in [3.8, 4) is 5.75 Å². The Morgan fingerprint density at radius 2 is 1.94 bits per heavy atom. The smallest absolute Gasteiger partial charge is 0.191 e. The molecule has 0 aliphatic carbocycles. The molecule has 7 heteroatoms. The number of hydrogen-bond donors (Lipinski definition) is 2. The van der Waals surface area contributed by atoms with Crippen molar-refractivity contribution in [2.24, 2.45) is 4.99 Å². The first-order valence-electron chi connectivity index (χ1n) is 10.7. The lowest BCUT2D eigenvalue weighted by Crippen LogP contribution is -2.45. The summed E-state index contributed by atoms with van der Waals surface area (Å²) in [6.07, 6.45) is 4.09. The number of pyridine rings is 1. The first kappa shape index (κ1) is 22.6. The van der Waals surface area contributed by atoms with Crippen LogP contribution in [0.25, 0.3) is 0 Å². The molecule has 0 saturated carbocycles. The van der Waals surface area contributed by atoms with Gasteiger partial charge in [-0.15, -0.1) is 0 Å². The maximum Gasteiger partial charge on any atom is 0.191 e. The summed E-state index contributed by atoms with van der Waals surface area (Å²) in [5.74, 6) is 2.56. The minimum atomic E-state index is 0.216. The molecule has 0 bridgehead atoms. The van der Waals surface area contributed by atoms with E-state index in [-0.39, 0.29) is 12.2 Å². The molecule has 1 aromatic carbocycles. The fourth-order valence-electron chi connectivity index (χ4n) is 3.60. The number of guanidine groups is 1. The van der Waals surface area contributed by atoms with Crippen molar-refractivity contribution in [3.05, 3.63) is 66.4 Å². The van der Waals surface area contributed by atoms with Crippen LogP contribution in [0, 0.1) is 0 Å². The second kappa shape index (κ2) is 11.4. The second-order valence-electron chi connectivity index (χ2n) is 7.67. The van der Waals surface area contributed by atoms with Crippen molar-refractivity contribution in [2.75, 3.05) is 31.6 Å². The van der Waals surface area contributed by atoms with Gasteiger partial charge < -0.3 is 25.0 Å². The molecule has 2 heterocycles. The molecule has 1 saturated heterocycles. The zero-order chi connectivity index (χ0) is 22.1. The monoisotopic (exact) mass is 423 g/mol. The van der Waals surface area contributed by atoms with Crippen molar-refractivity contribution >= 4 is 11.8 Å². The Kier molecular flexibility index (Phi) is 8.29. The third-order valence-electron chi connectivity index (χ3n) is 5.01. The predicted octanol–water partition coefficient (Wildman–Crippen LogP) is 3.13. The van der Waals surface area contributed by atoms with Gasteiger partial charge in [-0.25, -0.2) is 4.98 Å². The summed E-state index contributed by atoms with van der Waals surface area (Å²) < 4.78 is 11.5. The Morgan fingerprint density at radius 1 is 1.19 bits per heavy atom. The molecule has 7 nitrogen and oxygen atoms in total. The molecule has 166 valence electrons. The summed E-state index contributed by atoms with van der Waals surface area (Å²) in [6, 6.07) is 12.1. The van der Waals surface area contributed by atoms with Gasteiger partial charge in [0.25, 0.3) is 0 Å². The molecule has 0 spiro atoms. The fraction of sp³-hybridized carbons (Fsp3) is 0.417. The highest BCUT2D eigenvalue weighted by molar-refractivity contribution is 5.79. The first-order valence-corrected chi connectivity index (χ1v) is 10.7. The van der Waals surface area contributed by atoms with Crippen LogP contribution in [0.15, 0.2) is 60.2 Å². The van der Waals surface area contributed by atoms with Crippen LogP contribution < -0.4 is 20.3 Å². The lowest BCUT2D eigenvalue weighted by molar-refractivity contribution is -0.00545. The molecule has 0 radical (unpaired) electrons. The summed E-state index contributed by atoms with van der Waals surface area (Å²) >= 11 is 0. The van der Waals surface area contributed by atoms with Crippen molar-refractivity contribution in [2.45, 2.75) is 39.1 Å². The van der Waals surface area contributed by atoms with Crippen LogP contribution in [0.2, 0.25) is 0 Å². The molecule has 2 N–H and O–H groups in total. The van der Waals surface area contributed by atoms with Gasteiger partial charge in [-0.3, -0.25) is 4.99 Å². The lowest BCUT2D eigenvalue weighted by Gasteiger charge is -2.36. The average Bonchev–Trinajstić information content (AvgIpc) is 2.78.